The van der Waals surface area contributed by atoms with Crippen LogP contribution in [0.1, 0.15) is 26.7 Å². The van der Waals surface area contributed by atoms with Gasteiger partial charge in [0.05, 0.1) is 37.2 Å². The molecule has 11 nitrogen and oxygen atoms in total. The molecule has 2 aliphatic rings. The van der Waals surface area contributed by atoms with Crippen LogP contribution in [0.15, 0.2) is 22.3 Å². The van der Waals surface area contributed by atoms with Crippen LogP contribution >= 0.6 is 0 Å². The van der Waals surface area contributed by atoms with Crippen LogP contribution < -0.4 is 10.6 Å². The van der Waals surface area contributed by atoms with Gasteiger partial charge in [-0.25, -0.2) is 19.2 Å². The monoisotopic (exact) mass is 408 g/mol. The fourth-order valence-electron chi connectivity index (χ4n) is 2.48. The van der Waals surface area contributed by atoms with Gasteiger partial charge in [0.2, 0.25) is 11.8 Å². The van der Waals surface area contributed by atoms with E-state index in [0.29, 0.717) is 0 Å². The van der Waals surface area contributed by atoms with Crippen molar-refractivity contribution in [2.45, 2.75) is 26.7 Å². The Morgan fingerprint density at radius 1 is 0.724 bits per heavy atom. The molecule has 0 fully saturated rings. The van der Waals surface area contributed by atoms with Gasteiger partial charge in [-0.2, -0.15) is 0 Å². The Hall–Kier alpha value is -3.34. The summed E-state index contributed by atoms with van der Waals surface area (Å²) in [5.41, 5.74) is 0.320. The van der Waals surface area contributed by atoms with Crippen molar-refractivity contribution in [3.8, 4) is 0 Å². The Balaban J connectivity index is 1.56. The van der Waals surface area contributed by atoms with E-state index >= 15 is 0 Å². The van der Waals surface area contributed by atoms with Crippen LogP contribution in [0, 0.1) is 0 Å². The molecule has 0 saturated heterocycles. The van der Waals surface area contributed by atoms with Crippen LogP contribution in [-0.4, -0.2) is 62.0 Å². The molecule has 29 heavy (non-hydrogen) atoms. The molecular formula is C18H20N2O9. The van der Waals surface area contributed by atoms with Crippen molar-refractivity contribution in [2.24, 2.45) is 0 Å². The third-order valence-electron chi connectivity index (χ3n) is 4.19. The van der Waals surface area contributed by atoms with Crippen LogP contribution in [0.2, 0.25) is 0 Å². The van der Waals surface area contributed by atoms with Gasteiger partial charge in [0, 0.05) is 24.2 Å². The molecule has 2 amide bonds. The number of carbonyl (C=O) groups excluding carboxylic acids is 6. The van der Waals surface area contributed by atoms with Gasteiger partial charge in [-0.3, -0.25) is 9.59 Å². The lowest BCUT2D eigenvalue weighted by Crippen LogP contribution is -2.30. The molecular weight excluding hydrogens is 388 g/mol. The molecule has 2 aliphatic heterocycles. The van der Waals surface area contributed by atoms with E-state index in [1.807, 2.05) is 0 Å². The molecule has 0 aromatic rings. The first-order valence-corrected chi connectivity index (χ1v) is 8.74. The zero-order valence-electron chi connectivity index (χ0n) is 15.9. The average molecular weight is 408 g/mol. The molecule has 2 rings (SSSR count). The number of ether oxygens (including phenoxy) is 3. The van der Waals surface area contributed by atoms with Gasteiger partial charge in [0.1, 0.15) is 0 Å². The van der Waals surface area contributed by atoms with Gasteiger partial charge in [0.15, 0.2) is 0 Å². The number of rotatable bonds is 10. The largest absolute Gasteiger partial charge is 0.386 e. The Kier molecular flexibility index (Phi) is 7.37. The van der Waals surface area contributed by atoms with Gasteiger partial charge in [0.25, 0.3) is 0 Å². The van der Waals surface area contributed by atoms with Crippen molar-refractivity contribution in [2.75, 3.05) is 26.3 Å². The molecule has 0 unspecified atom stereocenters. The SMILES string of the molecule is CC1=C(CC(=O)NCCOCCNC(=O)CC2=C(C)C(=O)OC2=O)C(=O)OC1=O. The van der Waals surface area contributed by atoms with E-state index < -0.39 is 35.7 Å². The normalized spacial score (nSPS) is 16.3. The topological polar surface area (TPSA) is 154 Å². The summed E-state index contributed by atoms with van der Waals surface area (Å²) in [7, 11) is 0. The number of cyclic esters (lactones) is 4. The number of carbonyl (C=O) groups is 6. The predicted octanol–water partition coefficient (Wildman–Crippen LogP) is -1.18. The zero-order chi connectivity index (χ0) is 21.6. The summed E-state index contributed by atoms with van der Waals surface area (Å²) < 4.78 is 14.0. The zero-order valence-corrected chi connectivity index (χ0v) is 15.9. The molecule has 2 N–H and O–H groups in total. The Morgan fingerprint density at radius 2 is 1.10 bits per heavy atom. The number of amides is 2. The van der Waals surface area contributed by atoms with E-state index in [1.54, 1.807) is 0 Å². The third-order valence-corrected chi connectivity index (χ3v) is 4.19. The maximum absolute atomic E-state index is 11.8. The highest BCUT2D eigenvalue weighted by Gasteiger charge is 2.31. The lowest BCUT2D eigenvalue weighted by atomic mass is 10.1. The second-order valence-corrected chi connectivity index (χ2v) is 6.23. The summed E-state index contributed by atoms with van der Waals surface area (Å²) >= 11 is 0. The summed E-state index contributed by atoms with van der Waals surface area (Å²) in [6.45, 7) is 3.49. The van der Waals surface area contributed by atoms with Crippen LogP contribution in [0.3, 0.4) is 0 Å². The lowest BCUT2D eigenvalue weighted by Gasteiger charge is -2.08. The lowest BCUT2D eigenvalue weighted by molar-refractivity contribution is -0.153. The molecule has 11 heteroatoms. The number of esters is 4. The number of hydrogen-bond donors (Lipinski definition) is 2. The third kappa shape index (κ3) is 5.82. The fraction of sp³-hybridized carbons (Fsp3) is 0.444. The van der Waals surface area contributed by atoms with Crippen molar-refractivity contribution < 1.29 is 43.0 Å². The van der Waals surface area contributed by atoms with Gasteiger partial charge >= 0.3 is 23.9 Å². The minimum absolute atomic E-state index is 0.0364. The van der Waals surface area contributed by atoms with Crippen LogP contribution in [0.5, 0.6) is 0 Å². The molecule has 0 atom stereocenters. The van der Waals surface area contributed by atoms with E-state index in [9.17, 15) is 28.8 Å². The quantitative estimate of drug-likeness (QED) is 0.258. The second-order valence-electron chi connectivity index (χ2n) is 6.23. The maximum Gasteiger partial charge on any atom is 0.342 e. The first kappa shape index (κ1) is 22.0. The fourth-order valence-corrected chi connectivity index (χ4v) is 2.48. The van der Waals surface area contributed by atoms with Crippen molar-refractivity contribution in [1.82, 2.24) is 10.6 Å². The second kappa shape index (κ2) is 9.73. The smallest absolute Gasteiger partial charge is 0.342 e. The van der Waals surface area contributed by atoms with Gasteiger partial charge in [-0.15, -0.1) is 0 Å². The van der Waals surface area contributed by atoms with Crippen molar-refractivity contribution in [1.29, 1.82) is 0 Å². The Morgan fingerprint density at radius 3 is 1.41 bits per heavy atom. The van der Waals surface area contributed by atoms with Gasteiger partial charge in [-0.1, -0.05) is 0 Å². The molecule has 0 saturated carbocycles. The van der Waals surface area contributed by atoms with Gasteiger partial charge < -0.3 is 24.8 Å². The van der Waals surface area contributed by atoms with Crippen LogP contribution in [-0.2, 0) is 43.0 Å². The minimum atomic E-state index is -0.809. The highest BCUT2D eigenvalue weighted by atomic mass is 16.6. The minimum Gasteiger partial charge on any atom is -0.386 e. The molecule has 156 valence electrons. The van der Waals surface area contributed by atoms with Crippen molar-refractivity contribution >= 4 is 35.7 Å². The molecule has 0 bridgehead atoms. The Labute approximate surface area is 165 Å². The summed E-state index contributed by atoms with van der Waals surface area (Å²) in [6.07, 6.45) is -0.515. The van der Waals surface area contributed by atoms with Crippen LogP contribution in [0.4, 0.5) is 0 Å². The summed E-state index contributed by atoms with van der Waals surface area (Å²) in [5.74, 6) is -4.02. The summed E-state index contributed by atoms with van der Waals surface area (Å²) in [6, 6.07) is 0. The number of hydrogen-bond acceptors (Lipinski definition) is 9. The van der Waals surface area contributed by atoms with E-state index in [-0.39, 0.29) is 61.4 Å². The first-order chi connectivity index (χ1) is 13.7. The van der Waals surface area contributed by atoms with E-state index in [1.165, 1.54) is 13.8 Å². The molecule has 0 aromatic heterocycles. The van der Waals surface area contributed by atoms with Crippen LogP contribution in [0.25, 0.3) is 0 Å². The van der Waals surface area contributed by atoms with Crippen molar-refractivity contribution in [3.05, 3.63) is 22.3 Å². The summed E-state index contributed by atoms with van der Waals surface area (Å²) in [4.78, 5) is 68.8. The maximum atomic E-state index is 11.8. The Bertz CT molecular complexity index is 770. The molecule has 0 spiro atoms. The highest BCUT2D eigenvalue weighted by molar-refractivity contribution is 6.14. The first-order valence-electron chi connectivity index (χ1n) is 8.74. The summed E-state index contributed by atoms with van der Waals surface area (Å²) in [5, 5.41) is 5.07. The van der Waals surface area contributed by atoms with E-state index in [2.05, 4.69) is 20.1 Å². The standard InChI is InChI=1S/C18H20N2O9/c1-9-11(17(25)28-15(9)23)7-13(21)19-3-5-27-6-4-20-14(22)8-12-10(2)16(24)29-18(12)26/h3-8H2,1-2H3,(H,19,21)(H,20,22). The predicted molar refractivity (Wildman–Crippen MR) is 93.7 cm³/mol. The van der Waals surface area contributed by atoms with E-state index in [0.717, 1.165) is 0 Å². The average Bonchev–Trinajstić information content (AvgIpc) is 3.04. The van der Waals surface area contributed by atoms with Crippen molar-refractivity contribution in [3.63, 3.8) is 0 Å². The molecule has 0 aliphatic carbocycles. The van der Waals surface area contributed by atoms with E-state index in [4.69, 9.17) is 4.74 Å². The molecule has 2 heterocycles. The highest BCUT2D eigenvalue weighted by Crippen LogP contribution is 2.20. The number of nitrogens with one attached hydrogen (secondary N) is 2. The molecule has 0 radical (unpaired) electrons. The van der Waals surface area contributed by atoms with Gasteiger partial charge in [-0.05, 0) is 13.8 Å². The molecule has 0 aromatic carbocycles.